The molecule has 1 aliphatic rings. The molecule has 0 bridgehead atoms. The quantitative estimate of drug-likeness (QED) is 0.171. The average Bonchev–Trinajstić information content (AvgIpc) is 3.23. The molecule has 2 amide bonds. The van der Waals surface area contributed by atoms with Crippen molar-refractivity contribution in [3.8, 4) is 0 Å². The van der Waals surface area contributed by atoms with Gasteiger partial charge in [-0.1, -0.05) is 124 Å². The molecule has 1 aliphatic heterocycles. The Morgan fingerprint density at radius 1 is 0.700 bits per heavy atom. The Hall–Kier alpha value is -3.45. The zero-order valence-corrected chi connectivity index (χ0v) is 25.1. The molecule has 1 atom stereocenters. The first-order valence-corrected chi connectivity index (χ1v) is 16.7. The zero-order valence-electron chi connectivity index (χ0n) is 23.2. The summed E-state index contributed by atoms with van der Waals surface area (Å²) < 4.78 is 7.22. The lowest BCUT2D eigenvalue weighted by molar-refractivity contribution is 0.0550. The topological polar surface area (TPSA) is 46.6 Å². The van der Waals surface area contributed by atoms with E-state index in [1.807, 2.05) is 42.5 Å². The first-order chi connectivity index (χ1) is 19.3. The Balaban J connectivity index is 1.51. The maximum absolute atomic E-state index is 13.6. The Labute approximate surface area is 242 Å². The first kappa shape index (κ1) is 28.1. The largest absolute Gasteiger partial charge is 0.405 e. The normalized spacial score (nSPS) is 14.3. The number of nitrogens with zero attached hydrogens (tertiary/aromatic N) is 1. The van der Waals surface area contributed by atoms with E-state index in [1.54, 1.807) is 23.9 Å². The number of amides is 2. The van der Waals surface area contributed by atoms with Gasteiger partial charge in [-0.05, 0) is 33.1 Å². The van der Waals surface area contributed by atoms with Crippen LogP contribution >= 0.6 is 11.8 Å². The molecule has 4 aromatic carbocycles. The smallest absolute Gasteiger partial charge is 0.261 e. The second-order valence-electron chi connectivity index (χ2n) is 11.2. The molecular weight excluding hydrogens is 531 g/mol. The van der Waals surface area contributed by atoms with Gasteiger partial charge in [0.1, 0.15) is 0 Å². The third kappa shape index (κ3) is 5.44. The Bertz CT molecular complexity index is 1380. The number of rotatable bonds is 10. The molecule has 4 aromatic rings. The van der Waals surface area contributed by atoms with Crippen LogP contribution in [0.15, 0.2) is 115 Å². The number of imide groups is 1. The molecule has 0 saturated carbocycles. The summed E-state index contributed by atoms with van der Waals surface area (Å²) in [6.07, 6.45) is 0. The van der Waals surface area contributed by atoms with Crippen molar-refractivity contribution in [1.82, 2.24) is 4.90 Å². The Morgan fingerprint density at radius 3 is 1.62 bits per heavy atom. The van der Waals surface area contributed by atoms with Gasteiger partial charge in [-0.3, -0.25) is 14.5 Å². The highest BCUT2D eigenvalue weighted by molar-refractivity contribution is 7.98. The second kappa shape index (κ2) is 12.0. The molecule has 0 saturated heterocycles. The van der Waals surface area contributed by atoms with Crippen molar-refractivity contribution >= 4 is 42.3 Å². The molecule has 0 spiro atoms. The molecular formula is C34H35NO3SSi. The van der Waals surface area contributed by atoms with Crippen molar-refractivity contribution in [2.75, 3.05) is 12.4 Å². The highest BCUT2D eigenvalue weighted by atomic mass is 32.2. The molecule has 6 heteroatoms. The van der Waals surface area contributed by atoms with Crippen LogP contribution in [0.2, 0.25) is 5.04 Å². The highest BCUT2D eigenvalue weighted by Gasteiger charge is 2.51. The van der Waals surface area contributed by atoms with E-state index in [-0.39, 0.29) is 23.5 Å². The van der Waals surface area contributed by atoms with Gasteiger partial charge in [0.05, 0.1) is 23.8 Å². The summed E-state index contributed by atoms with van der Waals surface area (Å²) in [5.74, 6) is 0.895. The minimum atomic E-state index is -2.85. The summed E-state index contributed by atoms with van der Waals surface area (Å²) >= 11 is 1.72. The predicted octanol–water partition coefficient (Wildman–Crippen LogP) is 6.16. The monoisotopic (exact) mass is 565 g/mol. The standard InChI is InChI=1S/C34H35NO3SSi/c1-34(2,3)40(28-17-9-5-10-18-28,29-19-11-6-12-20-29)38-23-27(25-39-24-26-15-7-4-8-16-26)35-32(36)30-21-13-14-22-31(30)33(35)37/h4-22,27H,23-25H2,1-3H3. The molecule has 1 heterocycles. The first-order valence-electron chi connectivity index (χ1n) is 13.7. The summed E-state index contributed by atoms with van der Waals surface area (Å²) in [5.41, 5.74) is 2.15. The van der Waals surface area contributed by atoms with Crippen molar-refractivity contribution in [3.05, 3.63) is 132 Å². The van der Waals surface area contributed by atoms with Gasteiger partial charge in [-0.25, -0.2) is 0 Å². The number of hydrogen-bond acceptors (Lipinski definition) is 4. The number of carbonyl (C=O) groups excluding carboxylic acids is 2. The third-order valence-electron chi connectivity index (χ3n) is 7.52. The number of benzene rings is 4. The Morgan fingerprint density at radius 2 is 1.15 bits per heavy atom. The van der Waals surface area contributed by atoms with E-state index in [4.69, 9.17) is 4.43 Å². The molecule has 0 aromatic heterocycles. The van der Waals surface area contributed by atoms with Crippen LogP contribution in [0.25, 0.3) is 0 Å². The molecule has 0 aliphatic carbocycles. The van der Waals surface area contributed by atoms with E-state index < -0.39 is 14.4 Å². The van der Waals surface area contributed by atoms with Crippen molar-refractivity contribution in [1.29, 1.82) is 0 Å². The lowest BCUT2D eigenvalue weighted by Gasteiger charge is -2.44. The molecule has 0 fully saturated rings. The number of thioether (sulfide) groups is 1. The fourth-order valence-corrected chi connectivity index (χ4v) is 11.3. The SMILES string of the molecule is CC(C)(C)[Si](OCC(CSCc1ccccc1)N1C(=O)c2ccccc2C1=O)(c1ccccc1)c1ccccc1. The van der Waals surface area contributed by atoms with Gasteiger partial charge in [-0.2, -0.15) is 11.8 Å². The number of hydrogen-bond donors (Lipinski definition) is 0. The van der Waals surface area contributed by atoms with E-state index in [0.29, 0.717) is 16.9 Å². The summed E-state index contributed by atoms with van der Waals surface area (Å²) in [5, 5.41) is 2.14. The van der Waals surface area contributed by atoms with Crippen molar-refractivity contribution in [2.24, 2.45) is 0 Å². The lowest BCUT2D eigenvalue weighted by Crippen LogP contribution is -2.67. The van der Waals surface area contributed by atoms with Gasteiger partial charge in [0.15, 0.2) is 0 Å². The van der Waals surface area contributed by atoms with Crippen LogP contribution in [-0.2, 0) is 10.2 Å². The fourth-order valence-electron chi connectivity index (χ4n) is 5.61. The average molecular weight is 566 g/mol. The van der Waals surface area contributed by atoms with Crippen molar-refractivity contribution < 1.29 is 14.0 Å². The van der Waals surface area contributed by atoms with Crippen LogP contribution in [0.4, 0.5) is 0 Å². The minimum absolute atomic E-state index is 0.209. The van der Waals surface area contributed by atoms with E-state index in [9.17, 15) is 9.59 Å². The summed E-state index contributed by atoms with van der Waals surface area (Å²) in [6.45, 7) is 6.97. The summed E-state index contributed by atoms with van der Waals surface area (Å²) in [4.78, 5) is 28.6. The van der Waals surface area contributed by atoms with E-state index in [1.165, 1.54) is 20.8 Å². The van der Waals surface area contributed by atoms with Crippen molar-refractivity contribution in [3.63, 3.8) is 0 Å². The van der Waals surface area contributed by atoms with E-state index in [2.05, 4.69) is 81.4 Å². The molecule has 40 heavy (non-hydrogen) atoms. The molecule has 0 radical (unpaired) electrons. The minimum Gasteiger partial charge on any atom is -0.405 e. The molecule has 5 rings (SSSR count). The van der Waals surface area contributed by atoms with Gasteiger partial charge >= 0.3 is 0 Å². The van der Waals surface area contributed by atoms with Gasteiger partial charge in [0.2, 0.25) is 0 Å². The van der Waals surface area contributed by atoms with Gasteiger partial charge in [0, 0.05) is 11.5 Å². The van der Waals surface area contributed by atoms with Crippen LogP contribution in [0.1, 0.15) is 47.1 Å². The molecule has 4 nitrogen and oxygen atoms in total. The van der Waals surface area contributed by atoms with Crippen LogP contribution in [0.3, 0.4) is 0 Å². The van der Waals surface area contributed by atoms with E-state index >= 15 is 0 Å². The Kier molecular flexibility index (Phi) is 8.40. The van der Waals surface area contributed by atoms with Gasteiger partial charge in [0.25, 0.3) is 20.1 Å². The highest BCUT2D eigenvalue weighted by Crippen LogP contribution is 2.37. The van der Waals surface area contributed by atoms with Gasteiger partial charge in [-0.15, -0.1) is 0 Å². The van der Waals surface area contributed by atoms with Crippen LogP contribution in [0.5, 0.6) is 0 Å². The molecule has 204 valence electrons. The predicted molar refractivity (Wildman–Crippen MR) is 167 cm³/mol. The van der Waals surface area contributed by atoms with Crippen LogP contribution in [0, 0.1) is 0 Å². The second-order valence-corrected chi connectivity index (χ2v) is 16.5. The number of carbonyl (C=O) groups is 2. The van der Waals surface area contributed by atoms with Crippen LogP contribution < -0.4 is 10.4 Å². The third-order valence-corrected chi connectivity index (χ3v) is 13.7. The molecule has 0 N–H and O–H groups in total. The summed E-state index contributed by atoms with van der Waals surface area (Å²) in [6, 6.07) is 37.9. The van der Waals surface area contributed by atoms with E-state index in [0.717, 1.165) is 5.75 Å². The van der Waals surface area contributed by atoms with Crippen LogP contribution in [-0.4, -0.2) is 43.4 Å². The fraction of sp³-hybridized carbons (Fsp3) is 0.235. The van der Waals surface area contributed by atoms with Gasteiger partial charge < -0.3 is 4.43 Å². The summed E-state index contributed by atoms with van der Waals surface area (Å²) in [7, 11) is -2.85. The molecule has 1 unspecified atom stereocenters. The maximum Gasteiger partial charge on any atom is 0.261 e. The maximum atomic E-state index is 13.6. The van der Waals surface area contributed by atoms with Crippen molar-refractivity contribution in [2.45, 2.75) is 37.6 Å². The lowest BCUT2D eigenvalue weighted by atomic mass is 10.1. The zero-order chi connectivity index (χ0) is 28.2. The number of fused-ring (bicyclic) bond motifs is 1.